The Morgan fingerprint density at radius 2 is 1.53 bits per heavy atom. The van der Waals surface area contributed by atoms with Crippen molar-refractivity contribution >= 4 is 0 Å². The number of unbranched alkanes of at least 4 members (excludes halogenated alkanes) is 2. The summed E-state index contributed by atoms with van der Waals surface area (Å²) in [6.07, 6.45) is 16.9. The predicted octanol–water partition coefficient (Wildman–Crippen LogP) is 10.00. The van der Waals surface area contributed by atoms with Gasteiger partial charge >= 0.3 is 0 Å². The molecule has 2 aromatic carbocycles. The van der Waals surface area contributed by atoms with Gasteiger partial charge in [0.05, 0.1) is 6.61 Å². The summed E-state index contributed by atoms with van der Waals surface area (Å²) in [5.74, 6) is 0.134. The Kier molecular flexibility index (Phi) is 9.56. The topological polar surface area (TPSA) is 9.23 Å². The van der Waals surface area contributed by atoms with E-state index in [2.05, 4.69) is 26.0 Å². The predicted molar refractivity (Wildman–Crippen MR) is 142 cm³/mol. The van der Waals surface area contributed by atoms with Crippen molar-refractivity contribution in [2.45, 2.75) is 90.4 Å². The molecule has 2 fully saturated rings. The molecule has 0 aromatic heterocycles. The average Bonchev–Trinajstić information content (AvgIpc) is 2.90. The van der Waals surface area contributed by atoms with Gasteiger partial charge in [-0.05, 0) is 118 Å². The Morgan fingerprint density at radius 3 is 2.17 bits per heavy atom. The van der Waals surface area contributed by atoms with Gasteiger partial charge in [0, 0.05) is 5.56 Å². The zero-order valence-electron chi connectivity index (χ0n) is 21.9. The quantitative estimate of drug-likeness (QED) is 0.247. The normalized spacial score (nSPS) is 24.8. The molecule has 0 N–H and O–H groups in total. The summed E-state index contributed by atoms with van der Waals surface area (Å²) in [6.45, 7) is 4.53. The van der Waals surface area contributed by atoms with Gasteiger partial charge in [-0.25, -0.2) is 8.78 Å². The van der Waals surface area contributed by atoms with Gasteiger partial charge in [0.15, 0.2) is 11.6 Å². The first-order chi connectivity index (χ1) is 17.5. The van der Waals surface area contributed by atoms with Gasteiger partial charge in [0.2, 0.25) is 5.82 Å². The smallest absolute Gasteiger partial charge is 0.201 e. The lowest BCUT2D eigenvalue weighted by atomic mass is 9.68. The maximum Gasteiger partial charge on any atom is 0.201 e. The van der Waals surface area contributed by atoms with Crippen molar-refractivity contribution < 1.29 is 17.9 Å². The Balaban J connectivity index is 1.37. The van der Waals surface area contributed by atoms with Gasteiger partial charge in [-0.15, -0.1) is 0 Å². The minimum Gasteiger partial charge on any atom is -0.490 e. The van der Waals surface area contributed by atoms with Gasteiger partial charge in [-0.3, -0.25) is 0 Å². The van der Waals surface area contributed by atoms with Crippen molar-refractivity contribution in [3.05, 3.63) is 65.5 Å². The monoisotopic (exact) mass is 498 g/mol. The molecule has 0 saturated heterocycles. The van der Waals surface area contributed by atoms with Gasteiger partial charge in [-0.2, -0.15) is 4.39 Å². The molecule has 2 saturated carbocycles. The molecule has 4 rings (SSSR count). The lowest BCUT2D eigenvalue weighted by Gasteiger charge is -2.37. The largest absolute Gasteiger partial charge is 0.490 e. The highest BCUT2D eigenvalue weighted by molar-refractivity contribution is 5.66. The number of allylic oxidation sites excluding steroid dienone is 2. The van der Waals surface area contributed by atoms with Crippen LogP contribution < -0.4 is 4.74 Å². The van der Waals surface area contributed by atoms with E-state index in [9.17, 15) is 8.78 Å². The molecule has 0 heterocycles. The first-order valence-corrected chi connectivity index (χ1v) is 14.0. The third-order valence-corrected chi connectivity index (χ3v) is 8.52. The summed E-state index contributed by atoms with van der Waals surface area (Å²) in [5, 5.41) is 0. The molecule has 0 spiro atoms. The number of hydrogen-bond donors (Lipinski definition) is 0. The van der Waals surface area contributed by atoms with Crippen LogP contribution in [0.1, 0.15) is 96.0 Å². The first kappa shape index (κ1) is 26.8. The van der Waals surface area contributed by atoms with E-state index in [1.165, 1.54) is 43.9 Å². The molecule has 4 heteroatoms. The SMILES string of the molecule is CC=CC1CCC(C2CCC(c3ccc(-c4ccc(OCCCCC)c(F)c4F)cc3F)CC2)CC1. The van der Waals surface area contributed by atoms with Crippen LogP contribution in [-0.2, 0) is 0 Å². The van der Waals surface area contributed by atoms with Gasteiger partial charge in [0.1, 0.15) is 5.82 Å². The van der Waals surface area contributed by atoms with E-state index >= 15 is 4.39 Å². The zero-order valence-corrected chi connectivity index (χ0v) is 21.9. The molecule has 0 bridgehead atoms. The van der Waals surface area contributed by atoms with E-state index in [0.29, 0.717) is 17.7 Å². The third-order valence-electron chi connectivity index (χ3n) is 8.52. The standard InChI is InChI=1S/C32H41F3O/c1-3-5-6-20-36-30-19-18-28(31(34)32(30)35)26-16-17-27(29(33)21-26)25-14-12-24(13-15-25)23-10-8-22(7-4-2)9-11-23/h4,7,16-19,21-25H,3,5-6,8-15,20H2,1-2H3. The highest BCUT2D eigenvalue weighted by Gasteiger charge is 2.31. The van der Waals surface area contributed by atoms with Gasteiger partial charge in [0.25, 0.3) is 0 Å². The second-order valence-electron chi connectivity index (χ2n) is 10.8. The molecule has 2 aromatic rings. The van der Waals surface area contributed by atoms with E-state index in [1.807, 2.05) is 0 Å². The second kappa shape index (κ2) is 12.8. The fourth-order valence-electron chi connectivity index (χ4n) is 6.41. The van der Waals surface area contributed by atoms with Crippen LogP contribution in [0, 0.1) is 35.2 Å². The van der Waals surface area contributed by atoms with E-state index in [4.69, 9.17) is 4.74 Å². The second-order valence-corrected chi connectivity index (χ2v) is 10.8. The van der Waals surface area contributed by atoms with Crippen molar-refractivity contribution in [3.8, 4) is 16.9 Å². The van der Waals surface area contributed by atoms with Gasteiger partial charge in [-0.1, -0.05) is 44.1 Å². The number of ether oxygens (including phenoxy) is 1. The molecule has 0 amide bonds. The summed E-state index contributed by atoms with van der Waals surface area (Å²) < 4.78 is 50.0. The van der Waals surface area contributed by atoms with Crippen LogP contribution in [0.15, 0.2) is 42.5 Å². The van der Waals surface area contributed by atoms with Crippen molar-refractivity contribution in [2.75, 3.05) is 6.61 Å². The molecular formula is C32H41F3O. The van der Waals surface area contributed by atoms with Crippen molar-refractivity contribution in [3.63, 3.8) is 0 Å². The average molecular weight is 499 g/mol. The minimum absolute atomic E-state index is 0.0658. The van der Waals surface area contributed by atoms with E-state index in [0.717, 1.165) is 62.7 Å². The molecule has 2 aliphatic rings. The summed E-state index contributed by atoms with van der Waals surface area (Å²) in [7, 11) is 0. The molecule has 0 atom stereocenters. The molecule has 0 unspecified atom stereocenters. The van der Waals surface area contributed by atoms with Crippen molar-refractivity contribution in [2.24, 2.45) is 17.8 Å². The summed E-state index contributed by atoms with van der Waals surface area (Å²) in [6, 6.07) is 7.80. The molecule has 36 heavy (non-hydrogen) atoms. The maximum atomic E-state index is 15.2. The Morgan fingerprint density at radius 1 is 0.833 bits per heavy atom. The Hall–Kier alpha value is -2.23. The van der Waals surface area contributed by atoms with Crippen molar-refractivity contribution in [1.29, 1.82) is 0 Å². The van der Waals surface area contributed by atoms with Crippen LogP contribution in [0.5, 0.6) is 5.75 Å². The zero-order chi connectivity index (χ0) is 25.5. The molecule has 196 valence electrons. The molecule has 2 aliphatic carbocycles. The molecule has 0 aliphatic heterocycles. The summed E-state index contributed by atoms with van der Waals surface area (Å²) in [4.78, 5) is 0. The third kappa shape index (κ3) is 6.36. The highest BCUT2D eigenvalue weighted by atomic mass is 19.2. The lowest BCUT2D eigenvalue weighted by Crippen LogP contribution is -2.25. The van der Waals surface area contributed by atoms with Crippen LogP contribution in [0.25, 0.3) is 11.1 Å². The van der Waals surface area contributed by atoms with E-state index in [-0.39, 0.29) is 23.0 Å². The molecule has 1 nitrogen and oxygen atoms in total. The fraction of sp³-hybridized carbons (Fsp3) is 0.562. The number of hydrogen-bond acceptors (Lipinski definition) is 1. The molecular weight excluding hydrogens is 457 g/mol. The lowest BCUT2D eigenvalue weighted by molar-refractivity contribution is 0.171. The maximum absolute atomic E-state index is 15.2. The summed E-state index contributed by atoms with van der Waals surface area (Å²) >= 11 is 0. The minimum atomic E-state index is -1.01. The van der Waals surface area contributed by atoms with E-state index < -0.39 is 11.6 Å². The Labute approximate surface area is 215 Å². The van der Waals surface area contributed by atoms with Crippen LogP contribution in [0.2, 0.25) is 0 Å². The van der Waals surface area contributed by atoms with Gasteiger partial charge < -0.3 is 4.74 Å². The molecule has 0 radical (unpaired) electrons. The fourth-order valence-corrected chi connectivity index (χ4v) is 6.41. The van der Waals surface area contributed by atoms with Crippen LogP contribution in [-0.4, -0.2) is 6.61 Å². The Bertz CT molecular complexity index is 1010. The van der Waals surface area contributed by atoms with E-state index in [1.54, 1.807) is 12.1 Å². The van der Waals surface area contributed by atoms with Crippen LogP contribution >= 0.6 is 0 Å². The number of rotatable bonds is 9. The van der Waals surface area contributed by atoms with Crippen LogP contribution in [0.3, 0.4) is 0 Å². The number of benzene rings is 2. The van der Waals surface area contributed by atoms with Crippen molar-refractivity contribution in [1.82, 2.24) is 0 Å². The number of halogens is 3. The highest BCUT2D eigenvalue weighted by Crippen LogP contribution is 2.45. The summed E-state index contributed by atoms with van der Waals surface area (Å²) in [5.41, 5.74) is 1.14. The van der Waals surface area contributed by atoms with Crippen LogP contribution in [0.4, 0.5) is 13.2 Å². The first-order valence-electron chi connectivity index (χ1n) is 14.0.